The molecular formula is C14H19FN2O2S. The number of carbonyl (C=O) groups is 1. The molecule has 1 aromatic carbocycles. The molecule has 0 saturated heterocycles. The van der Waals surface area contributed by atoms with E-state index in [1.807, 2.05) is 0 Å². The van der Waals surface area contributed by atoms with Crippen molar-refractivity contribution >= 4 is 28.1 Å². The van der Waals surface area contributed by atoms with Crippen LogP contribution in [0.4, 0.5) is 15.8 Å². The normalized spacial score (nSPS) is 17.6. The van der Waals surface area contributed by atoms with Crippen LogP contribution in [-0.4, -0.2) is 21.1 Å². The summed E-state index contributed by atoms with van der Waals surface area (Å²) in [7, 11) is -1.19. The lowest BCUT2D eigenvalue weighted by atomic mass is 10.0. The maximum atomic E-state index is 13.5. The van der Waals surface area contributed by atoms with Crippen molar-refractivity contribution in [1.82, 2.24) is 0 Å². The predicted octanol–water partition coefficient (Wildman–Crippen LogP) is 2.43. The van der Waals surface area contributed by atoms with Gasteiger partial charge in [0.1, 0.15) is 11.6 Å². The molecule has 0 spiro atoms. The first-order chi connectivity index (χ1) is 9.56. The summed E-state index contributed by atoms with van der Waals surface area (Å²) < 4.78 is 25.6. The molecule has 0 bridgehead atoms. The molecule has 1 aromatic rings. The van der Waals surface area contributed by atoms with E-state index in [0.717, 1.165) is 25.7 Å². The predicted molar refractivity (Wildman–Crippen MR) is 79.3 cm³/mol. The molecule has 1 fully saturated rings. The van der Waals surface area contributed by atoms with E-state index in [9.17, 15) is 13.4 Å². The van der Waals surface area contributed by atoms with Gasteiger partial charge >= 0.3 is 0 Å². The summed E-state index contributed by atoms with van der Waals surface area (Å²) in [6.07, 6.45) is 5.14. The fourth-order valence-electron chi connectivity index (χ4n) is 2.40. The first kappa shape index (κ1) is 15.0. The van der Waals surface area contributed by atoms with Crippen molar-refractivity contribution in [1.29, 1.82) is 0 Å². The topological polar surface area (TPSA) is 72.2 Å². The van der Waals surface area contributed by atoms with E-state index >= 15 is 0 Å². The number of nitrogen functional groups attached to an aromatic ring is 1. The summed E-state index contributed by atoms with van der Waals surface area (Å²) in [4.78, 5) is 11.8. The van der Waals surface area contributed by atoms with Crippen molar-refractivity contribution in [3.63, 3.8) is 0 Å². The second-order valence-electron chi connectivity index (χ2n) is 5.07. The number of carbonyl (C=O) groups excluding carboxylic acids is 1. The molecule has 4 nitrogen and oxygen atoms in total. The van der Waals surface area contributed by atoms with Crippen molar-refractivity contribution in [3.05, 3.63) is 24.0 Å². The van der Waals surface area contributed by atoms with Gasteiger partial charge < -0.3 is 11.1 Å². The Morgan fingerprint density at radius 1 is 1.35 bits per heavy atom. The third kappa shape index (κ3) is 4.03. The smallest absolute Gasteiger partial charge is 0.237 e. The Morgan fingerprint density at radius 2 is 2.05 bits per heavy atom. The van der Waals surface area contributed by atoms with E-state index in [1.165, 1.54) is 24.6 Å². The molecular weight excluding hydrogens is 279 g/mol. The number of anilines is 2. The van der Waals surface area contributed by atoms with E-state index in [0.29, 0.717) is 5.69 Å². The van der Waals surface area contributed by atoms with Crippen LogP contribution in [0, 0.1) is 5.82 Å². The van der Waals surface area contributed by atoms with Gasteiger partial charge in [-0.15, -0.1) is 0 Å². The van der Waals surface area contributed by atoms with Crippen LogP contribution in [-0.2, 0) is 15.6 Å². The van der Waals surface area contributed by atoms with Gasteiger partial charge in [0.15, 0.2) is 0 Å². The van der Waals surface area contributed by atoms with Gasteiger partial charge in [0.05, 0.1) is 5.69 Å². The van der Waals surface area contributed by atoms with E-state index in [2.05, 4.69) is 5.32 Å². The lowest BCUT2D eigenvalue weighted by Gasteiger charge is -2.20. The van der Waals surface area contributed by atoms with Gasteiger partial charge in [0.2, 0.25) is 5.91 Å². The van der Waals surface area contributed by atoms with Crippen LogP contribution in [0.15, 0.2) is 18.2 Å². The summed E-state index contributed by atoms with van der Waals surface area (Å²) in [6, 6.07) is 3.98. The van der Waals surface area contributed by atoms with Crippen molar-refractivity contribution in [2.75, 3.05) is 16.8 Å². The fraction of sp³-hybridized carbons (Fsp3) is 0.500. The molecule has 0 radical (unpaired) electrons. The average molecular weight is 298 g/mol. The molecule has 0 heterocycles. The highest BCUT2D eigenvalue weighted by atomic mass is 32.2. The number of halogens is 1. The number of amides is 1. The second-order valence-corrected chi connectivity index (χ2v) is 6.79. The minimum atomic E-state index is -1.19. The zero-order chi connectivity index (χ0) is 14.5. The van der Waals surface area contributed by atoms with Crippen molar-refractivity contribution in [3.8, 4) is 0 Å². The van der Waals surface area contributed by atoms with Crippen LogP contribution in [0.1, 0.15) is 32.1 Å². The average Bonchev–Trinajstić information content (AvgIpc) is 2.43. The number of rotatable bonds is 4. The maximum Gasteiger partial charge on any atom is 0.237 e. The molecule has 1 atom stereocenters. The van der Waals surface area contributed by atoms with Gasteiger partial charge in [0.25, 0.3) is 0 Å². The quantitative estimate of drug-likeness (QED) is 0.839. The van der Waals surface area contributed by atoms with Crippen LogP contribution in [0.3, 0.4) is 0 Å². The Labute approximate surface area is 120 Å². The molecule has 0 aromatic heterocycles. The molecule has 1 aliphatic rings. The van der Waals surface area contributed by atoms with Crippen LogP contribution in [0.25, 0.3) is 0 Å². The SMILES string of the molecule is Nc1ccc(F)c(NC(=O)CS(=O)C2CCCCC2)c1. The number of benzene rings is 1. The van der Waals surface area contributed by atoms with Crippen LogP contribution < -0.4 is 11.1 Å². The molecule has 3 N–H and O–H groups in total. The summed E-state index contributed by atoms with van der Waals surface area (Å²) in [5, 5.41) is 2.53. The Morgan fingerprint density at radius 3 is 2.75 bits per heavy atom. The maximum absolute atomic E-state index is 13.5. The van der Waals surface area contributed by atoms with Crippen molar-refractivity contribution < 1.29 is 13.4 Å². The number of hydrogen-bond donors (Lipinski definition) is 2. The highest BCUT2D eigenvalue weighted by Crippen LogP contribution is 2.22. The van der Waals surface area contributed by atoms with Crippen molar-refractivity contribution in [2.45, 2.75) is 37.4 Å². The molecule has 1 aliphatic carbocycles. The van der Waals surface area contributed by atoms with Crippen LogP contribution >= 0.6 is 0 Å². The summed E-state index contributed by atoms with van der Waals surface area (Å²) in [6.45, 7) is 0. The van der Waals surface area contributed by atoms with E-state index in [4.69, 9.17) is 5.73 Å². The van der Waals surface area contributed by atoms with Gasteiger partial charge in [-0.25, -0.2) is 4.39 Å². The first-order valence-electron chi connectivity index (χ1n) is 6.78. The lowest BCUT2D eigenvalue weighted by molar-refractivity contribution is -0.113. The molecule has 20 heavy (non-hydrogen) atoms. The van der Waals surface area contributed by atoms with Crippen LogP contribution in [0.2, 0.25) is 0 Å². The van der Waals surface area contributed by atoms with Crippen molar-refractivity contribution in [2.24, 2.45) is 0 Å². The van der Waals surface area contributed by atoms with Gasteiger partial charge in [-0.3, -0.25) is 9.00 Å². The van der Waals surface area contributed by atoms with Gasteiger partial charge in [-0.05, 0) is 31.0 Å². The fourth-order valence-corrected chi connectivity index (χ4v) is 3.83. The van der Waals surface area contributed by atoms with Gasteiger partial charge in [-0.1, -0.05) is 19.3 Å². The molecule has 1 amide bonds. The molecule has 2 rings (SSSR count). The Bertz CT molecular complexity index is 516. The number of nitrogens with one attached hydrogen (secondary N) is 1. The van der Waals surface area contributed by atoms with E-state index < -0.39 is 22.5 Å². The highest BCUT2D eigenvalue weighted by Gasteiger charge is 2.22. The lowest BCUT2D eigenvalue weighted by Crippen LogP contribution is -2.27. The minimum Gasteiger partial charge on any atom is -0.399 e. The second kappa shape index (κ2) is 6.83. The zero-order valence-electron chi connectivity index (χ0n) is 11.2. The summed E-state index contributed by atoms with van der Waals surface area (Å²) >= 11 is 0. The highest BCUT2D eigenvalue weighted by molar-refractivity contribution is 7.86. The third-order valence-electron chi connectivity index (χ3n) is 3.46. The van der Waals surface area contributed by atoms with E-state index in [-0.39, 0.29) is 16.7 Å². The molecule has 6 heteroatoms. The minimum absolute atomic E-state index is 0.0376. The molecule has 1 saturated carbocycles. The zero-order valence-corrected chi connectivity index (χ0v) is 12.0. The van der Waals surface area contributed by atoms with Gasteiger partial charge in [0, 0.05) is 21.7 Å². The van der Waals surface area contributed by atoms with Crippen LogP contribution in [0.5, 0.6) is 0 Å². The molecule has 0 aliphatic heterocycles. The summed E-state index contributed by atoms with van der Waals surface area (Å²) in [5.41, 5.74) is 5.95. The van der Waals surface area contributed by atoms with Gasteiger partial charge in [-0.2, -0.15) is 0 Å². The largest absolute Gasteiger partial charge is 0.399 e. The van der Waals surface area contributed by atoms with E-state index in [1.54, 1.807) is 0 Å². The number of hydrogen-bond acceptors (Lipinski definition) is 3. The Hall–Kier alpha value is -1.43. The molecule has 110 valence electrons. The third-order valence-corrected chi connectivity index (χ3v) is 5.22. The monoisotopic (exact) mass is 298 g/mol. The Balaban J connectivity index is 1.91. The number of nitrogens with two attached hydrogens (primary N) is 1. The molecule has 1 unspecified atom stereocenters. The summed E-state index contributed by atoms with van der Waals surface area (Å²) in [5.74, 6) is -1.06. The first-order valence-corrected chi connectivity index (χ1v) is 8.16. The standard InChI is InChI=1S/C14H19FN2O2S/c15-12-7-6-10(16)8-13(12)17-14(18)9-20(19)11-4-2-1-3-5-11/h6-8,11H,1-5,9,16H2,(H,17,18). The Kier molecular flexibility index (Phi) is 5.11.